The quantitative estimate of drug-likeness (QED) is 0.322. The van der Waals surface area contributed by atoms with Gasteiger partial charge in [0, 0.05) is 0 Å². The lowest BCUT2D eigenvalue weighted by molar-refractivity contribution is -0.0893. The second-order valence-electron chi connectivity index (χ2n) is 12.2. The molecule has 0 unspecified atom stereocenters. The molecule has 0 saturated carbocycles. The summed E-state index contributed by atoms with van der Waals surface area (Å²) in [5, 5.41) is 17.6. The number of rotatable bonds is 5. The van der Waals surface area contributed by atoms with Gasteiger partial charge in [0.25, 0.3) is 0 Å². The molecule has 1 aliphatic rings. The second kappa shape index (κ2) is 8.32. The number of benzene rings is 4. The van der Waals surface area contributed by atoms with E-state index in [2.05, 4.69) is 88.4 Å². The van der Waals surface area contributed by atoms with Crippen molar-refractivity contribution in [3.63, 3.8) is 0 Å². The first-order valence-corrected chi connectivity index (χ1v) is 12.8. The Labute approximate surface area is 215 Å². The summed E-state index contributed by atoms with van der Waals surface area (Å²) in [6.45, 7) is 15.7. The van der Waals surface area contributed by atoms with Gasteiger partial charge in [0.1, 0.15) is 0 Å². The maximum atomic E-state index is 10.5. The van der Waals surface area contributed by atoms with Crippen molar-refractivity contribution in [1.29, 1.82) is 0 Å². The third-order valence-electron chi connectivity index (χ3n) is 8.52. The van der Waals surface area contributed by atoms with Crippen LogP contribution < -0.4 is 10.9 Å². The lowest BCUT2D eigenvalue weighted by Crippen LogP contribution is -2.49. The fourth-order valence-corrected chi connectivity index (χ4v) is 4.59. The molecule has 6 heteroatoms. The van der Waals surface area contributed by atoms with Crippen LogP contribution in [-0.2, 0) is 14.0 Å². The van der Waals surface area contributed by atoms with E-state index in [1.54, 1.807) is 13.8 Å². The molecule has 0 spiro atoms. The van der Waals surface area contributed by atoms with Crippen LogP contribution in [0.4, 0.5) is 0 Å². The molecule has 0 amide bonds. The highest BCUT2D eigenvalue weighted by Gasteiger charge is 2.51. The summed E-state index contributed by atoms with van der Waals surface area (Å²) in [7, 11) is 0.0428. The van der Waals surface area contributed by atoms with Gasteiger partial charge < -0.3 is 19.1 Å². The van der Waals surface area contributed by atoms with Gasteiger partial charge in [0.2, 0.25) is 0 Å². The monoisotopic (exact) mass is 482 g/mol. The lowest BCUT2D eigenvalue weighted by atomic mass is 9.77. The molecule has 1 fully saturated rings. The van der Waals surface area contributed by atoms with E-state index in [1.807, 2.05) is 13.8 Å². The van der Waals surface area contributed by atoms with Gasteiger partial charge in [-0.15, -0.1) is 0 Å². The minimum Gasteiger partial charge on any atom is -0.427 e. The average molecular weight is 482 g/mol. The number of hydrogen-bond donors (Lipinski definition) is 1. The third-order valence-corrected chi connectivity index (χ3v) is 8.52. The van der Waals surface area contributed by atoms with E-state index in [0.717, 1.165) is 10.9 Å². The van der Waals surface area contributed by atoms with Gasteiger partial charge in [0.05, 0.1) is 22.4 Å². The van der Waals surface area contributed by atoms with Crippen molar-refractivity contribution in [1.82, 2.24) is 0 Å². The molecule has 4 aromatic carbocycles. The molecule has 1 aliphatic heterocycles. The van der Waals surface area contributed by atoms with Crippen molar-refractivity contribution >= 4 is 57.8 Å². The molecule has 0 aliphatic carbocycles. The van der Waals surface area contributed by atoms with E-state index in [0.29, 0.717) is 7.48 Å². The molecule has 4 aromatic rings. The first-order valence-electron chi connectivity index (χ1n) is 12.8. The Kier molecular flexibility index (Phi) is 5.85. The van der Waals surface area contributed by atoms with Gasteiger partial charge in [-0.25, -0.2) is 0 Å². The van der Waals surface area contributed by atoms with E-state index in [4.69, 9.17) is 14.0 Å². The Morgan fingerprint density at radius 2 is 1.22 bits per heavy atom. The summed E-state index contributed by atoms with van der Waals surface area (Å²) < 4.78 is 18.8. The summed E-state index contributed by atoms with van der Waals surface area (Å²) in [5.41, 5.74) is -0.242. The topological polar surface area (TPSA) is 47.9 Å². The average Bonchev–Trinajstić information content (AvgIpc) is 3.02. The van der Waals surface area contributed by atoms with Crippen LogP contribution in [0.5, 0.6) is 0 Å². The minimum absolute atomic E-state index is 0.375. The number of aliphatic hydroxyl groups is 1. The second-order valence-corrected chi connectivity index (χ2v) is 12.2. The molecule has 1 N–H and O–H groups in total. The Morgan fingerprint density at radius 3 is 1.78 bits per heavy atom. The van der Waals surface area contributed by atoms with Crippen LogP contribution in [-0.4, -0.2) is 42.1 Å². The van der Waals surface area contributed by atoms with Crippen molar-refractivity contribution in [2.24, 2.45) is 0 Å². The van der Waals surface area contributed by atoms with Crippen molar-refractivity contribution in [2.45, 2.75) is 77.8 Å². The third kappa shape index (κ3) is 4.24. The maximum absolute atomic E-state index is 10.5. The van der Waals surface area contributed by atoms with Crippen molar-refractivity contribution in [3.8, 4) is 0 Å². The molecular formula is C30H36B2O4. The molecule has 0 bridgehead atoms. The molecule has 186 valence electrons. The molecule has 5 rings (SSSR count). The van der Waals surface area contributed by atoms with Crippen molar-refractivity contribution in [2.75, 3.05) is 0 Å². The zero-order valence-corrected chi connectivity index (χ0v) is 22.7. The highest BCUT2D eigenvalue weighted by molar-refractivity contribution is 6.62. The van der Waals surface area contributed by atoms with E-state index >= 15 is 0 Å². The van der Waals surface area contributed by atoms with E-state index in [9.17, 15) is 5.11 Å². The van der Waals surface area contributed by atoms with Crippen LogP contribution in [0.2, 0.25) is 0 Å². The van der Waals surface area contributed by atoms with Crippen LogP contribution in [0, 0.1) is 0 Å². The first-order chi connectivity index (χ1) is 16.7. The molecule has 4 nitrogen and oxygen atoms in total. The zero-order valence-electron chi connectivity index (χ0n) is 22.7. The van der Waals surface area contributed by atoms with E-state index in [-0.39, 0.29) is 11.2 Å². The molecule has 36 heavy (non-hydrogen) atoms. The molecule has 0 aromatic heterocycles. The molecule has 1 heterocycles. The fraction of sp³-hybridized carbons (Fsp3) is 0.400. The van der Waals surface area contributed by atoms with Gasteiger partial charge in [-0.05, 0) is 93.2 Å². The normalized spacial score (nSPS) is 17.9. The van der Waals surface area contributed by atoms with Crippen LogP contribution in [0.25, 0.3) is 32.3 Å². The van der Waals surface area contributed by atoms with E-state index < -0.39 is 18.3 Å². The molecular weight excluding hydrogens is 446 g/mol. The minimum atomic E-state index is -0.940. The van der Waals surface area contributed by atoms with Gasteiger partial charge >= 0.3 is 14.6 Å². The van der Waals surface area contributed by atoms with Gasteiger partial charge in [-0.2, -0.15) is 0 Å². The Bertz CT molecular complexity index is 1450. The van der Waals surface area contributed by atoms with Crippen LogP contribution in [0.1, 0.15) is 55.4 Å². The van der Waals surface area contributed by atoms with Crippen LogP contribution in [0.15, 0.2) is 60.7 Å². The summed E-state index contributed by atoms with van der Waals surface area (Å²) in [4.78, 5) is 0. The maximum Gasteiger partial charge on any atom is 0.494 e. The first kappa shape index (κ1) is 25.3. The highest BCUT2D eigenvalue weighted by atomic mass is 16.7. The molecule has 0 atom stereocenters. The summed E-state index contributed by atoms with van der Waals surface area (Å²) in [6, 6.07) is 21.7. The zero-order chi connectivity index (χ0) is 26.1. The largest absolute Gasteiger partial charge is 0.494 e. The van der Waals surface area contributed by atoms with Gasteiger partial charge in [0.15, 0.2) is 0 Å². The lowest BCUT2D eigenvalue weighted by Gasteiger charge is -2.37. The van der Waals surface area contributed by atoms with Gasteiger partial charge in [-0.3, -0.25) is 0 Å². The standard InChI is InChI=1S/C30H36B2O4/c1-27(2,33)28(3,4)34-31-21-13-9-19-11-16-24-23(25(19)17-21)15-12-20-10-14-22(18-26(20)24)32-35-29(5,6)30(7,8)36-32/h9-18,31,33H,1-8H3. The predicted molar refractivity (Wildman–Crippen MR) is 153 cm³/mol. The highest BCUT2D eigenvalue weighted by Crippen LogP contribution is 2.37. The van der Waals surface area contributed by atoms with Crippen LogP contribution >= 0.6 is 0 Å². The predicted octanol–water partition coefficient (Wildman–Crippen LogP) is 4.99. The Balaban J connectivity index is 1.56. The van der Waals surface area contributed by atoms with Crippen molar-refractivity contribution in [3.05, 3.63) is 60.7 Å². The Hall–Kier alpha value is -2.37. The van der Waals surface area contributed by atoms with Crippen molar-refractivity contribution < 1.29 is 19.1 Å². The summed E-state index contributed by atoms with van der Waals surface area (Å²) in [6.07, 6.45) is 0. The number of fused-ring (bicyclic) bond motifs is 5. The SMILES string of the molecule is CC(C)(O)C(C)(C)OBc1ccc2ccc3c4cc(B5OC(C)(C)C(C)(C)O5)ccc4ccc3c2c1. The summed E-state index contributed by atoms with van der Waals surface area (Å²) >= 11 is 0. The Morgan fingerprint density at radius 1 is 0.722 bits per heavy atom. The number of hydrogen-bond acceptors (Lipinski definition) is 4. The van der Waals surface area contributed by atoms with E-state index in [1.165, 1.54) is 32.3 Å². The van der Waals surface area contributed by atoms with Crippen LogP contribution in [0.3, 0.4) is 0 Å². The molecule has 1 saturated heterocycles. The van der Waals surface area contributed by atoms with Gasteiger partial charge in [-0.1, -0.05) is 66.1 Å². The molecule has 0 radical (unpaired) electrons. The fourth-order valence-electron chi connectivity index (χ4n) is 4.59. The smallest absolute Gasteiger partial charge is 0.427 e. The summed E-state index contributed by atoms with van der Waals surface area (Å²) in [5.74, 6) is 0.